The number of hydrogen-bond donors (Lipinski definition) is 2. The summed E-state index contributed by atoms with van der Waals surface area (Å²) in [4.78, 5) is 0. The van der Waals surface area contributed by atoms with Crippen LogP contribution in [-0.2, 0) is 13.2 Å². The Bertz CT molecular complexity index is 496. The molecule has 0 saturated heterocycles. The first kappa shape index (κ1) is 14.6. The first-order valence-electron chi connectivity index (χ1n) is 6.97. The van der Waals surface area contributed by atoms with Gasteiger partial charge in [-0.2, -0.15) is 0 Å². The Labute approximate surface area is 120 Å². The van der Waals surface area contributed by atoms with Gasteiger partial charge in [-0.1, -0.05) is 42.5 Å². The van der Waals surface area contributed by atoms with Crippen LogP contribution in [-0.4, -0.2) is 12.6 Å². The number of hydrogen-bond acceptors (Lipinski definition) is 3. The summed E-state index contributed by atoms with van der Waals surface area (Å²) in [5, 5.41) is 3.36. The van der Waals surface area contributed by atoms with Gasteiger partial charge < -0.3 is 15.8 Å². The summed E-state index contributed by atoms with van der Waals surface area (Å²) >= 11 is 0. The molecule has 3 N–H and O–H groups in total. The molecular formula is C17H22N2O. The van der Waals surface area contributed by atoms with Crippen molar-refractivity contribution in [3.8, 4) is 5.75 Å². The van der Waals surface area contributed by atoms with Crippen LogP contribution in [0.1, 0.15) is 18.1 Å². The smallest absolute Gasteiger partial charge is 0.119 e. The van der Waals surface area contributed by atoms with Crippen molar-refractivity contribution in [3.05, 3.63) is 65.7 Å². The minimum atomic E-state index is 0.337. The molecule has 0 radical (unpaired) electrons. The zero-order valence-corrected chi connectivity index (χ0v) is 11.9. The SMILES string of the molecule is C[C@H](CN)NCc1ccc(OCc2ccccc2)cc1. The molecule has 0 amide bonds. The van der Waals surface area contributed by atoms with E-state index in [9.17, 15) is 0 Å². The maximum Gasteiger partial charge on any atom is 0.119 e. The number of nitrogens with one attached hydrogen (secondary N) is 1. The molecule has 2 rings (SSSR count). The molecule has 0 fully saturated rings. The first-order valence-corrected chi connectivity index (χ1v) is 6.97. The van der Waals surface area contributed by atoms with Crippen LogP contribution >= 0.6 is 0 Å². The Hall–Kier alpha value is -1.84. The molecule has 0 bridgehead atoms. The third kappa shape index (κ3) is 4.68. The van der Waals surface area contributed by atoms with Crippen molar-refractivity contribution in [3.63, 3.8) is 0 Å². The third-order valence-corrected chi connectivity index (χ3v) is 3.18. The van der Waals surface area contributed by atoms with E-state index >= 15 is 0 Å². The molecule has 2 aromatic carbocycles. The Morgan fingerprint density at radius 3 is 2.35 bits per heavy atom. The highest BCUT2D eigenvalue weighted by molar-refractivity contribution is 5.27. The average Bonchev–Trinajstić information content (AvgIpc) is 2.52. The van der Waals surface area contributed by atoms with Crippen molar-refractivity contribution in [2.75, 3.05) is 6.54 Å². The summed E-state index contributed by atoms with van der Waals surface area (Å²) in [5.74, 6) is 0.893. The maximum atomic E-state index is 5.75. The van der Waals surface area contributed by atoms with Gasteiger partial charge in [-0.3, -0.25) is 0 Å². The van der Waals surface area contributed by atoms with E-state index in [1.54, 1.807) is 0 Å². The quantitative estimate of drug-likeness (QED) is 0.813. The largest absolute Gasteiger partial charge is 0.489 e. The van der Waals surface area contributed by atoms with Gasteiger partial charge in [-0.15, -0.1) is 0 Å². The number of nitrogens with two attached hydrogens (primary N) is 1. The van der Waals surface area contributed by atoms with Crippen LogP contribution in [0.3, 0.4) is 0 Å². The van der Waals surface area contributed by atoms with Gasteiger partial charge in [-0.05, 0) is 30.2 Å². The lowest BCUT2D eigenvalue weighted by atomic mass is 10.2. The van der Waals surface area contributed by atoms with Gasteiger partial charge in [0, 0.05) is 19.1 Å². The lowest BCUT2D eigenvalue weighted by Crippen LogP contribution is -2.32. The van der Waals surface area contributed by atoms with Crippen LogP contribution in [0.5, 0.6) is 5.75 Å². The Morgan fingerprint density at radius 2 is 1.70 bits per heavy atom. The highest BCUT2D eigenvalue weighted by Gasteiger charge is 2.00. The van der Waals surface area contributed by atoms with Crippen LogP contribution in [0.4, 0.5) is 0 Å². The maximum absolute atomic E-state index is 5.75. The van der Waals surface area contributed by atoms with Crippen LogP contribution in [0, 0.1) is 0 Å². The fourth-order valence-corrected chi connectivity index (χ4v) is 1.82. The summed E-state index contributed by atoms with van der Waals surface area (Å²) in [5.41, 5.74) is 7.98. The fourth-order valence-electron chi connectivity index (χ4n) is 1.82. The predicted molar refractivity (Wildman–Crippen MR) is 82.6 cm³/mol. The van der Waals surface area contributed by atoms with E-state index in [0.717, 1.165) is 12.3 Å². The normalized spacial score (nSPS) is 12.1. The number of rotatable bonds is 7. The van der Waals surface area contributed by atoms with E-state index in [1.165, 1.54) is 11.1 Å². The Morgan fingerprint density at radius 1 is 1.00 bits per heavy atom. The second-order valence-electron chi connectivity index (χ2n) is 4.94. The van der Waals surface area contributed by atoms with Gasteiger partial charge in [-0.25, -0.2) is 0 Å². The Kier molecular flexibility index (Phi) is 5.59. The zero-order valence-electron chi connectivity index (χ0n) is 11.9. The van der Waals surface area contributed by atoms with E-state index < -0.39 is 0 Å². The third-order valence-electron chi connectivity index (χ3n) is 3.18. The lowest BCUT2D eigenvalue weighted by Gasteiger charge is -2.11. The van der Waals surface area contributed by atoms with Crippen molar-refractivity contribution in [2.24, 2.45) is 5.73 Å². The second-order valence-corrected chi connectivity index (χ2v) is 4.94. The summed E-state index contributed by atoms with van der Waals surface area (Å²) in [7, 11) is 0. The molecule has 0 spiro atoms. The summed E-state index contributed by atoms with van der Waals surface area (Å²) in [6.45, 7) is 4.16. The van der Waals surface area contributed by atoms with E-state index in [0.29, 0.717) is 19.2 Å². The molecule has 106 valence electrons. The summed E-state index contributed by atoms with van der Waals surface area (Å²) in [6, 6.07) is 18.7. The van der Waals surface area contributed by atoms with Gasteiger partial charge in [0.2, 0.25) is 0 Å². The highest BCUT2D eigenvalue weighted by Crippen LogP contribution is 2.14. The molecule has 0 aliphatic carbocycles. The van der Waals surface area contributed by atoms with Gasteiger partial charge >= 0.3 is 0 Å². The average molecular weight is 270 g/mol. The van der Waals surface area contributed by atoms with Crippen molar-refractivity contribution in [1.29, 1.82) is 0 Å². The standard InChI is InChI=1S/C17H22N2O/c1-14(11-18)19-12-15-7-9-17(10-8-15)20-13-16-5-3-2-4-6-16/h2-10,14,19H,11-13,18H2,1H3/t14-/m1/s1. The molecule has 0 aliphatic rings. The van der Waals surface area contributed by atoms with Crippen LogP contribution in [0.2, 0.25) is 0 Å². The highest BCUT2D eigenvalue weighted by atomic mass is 16.5. The second kappa shape index (κ2) is 7.68. The van der Waals surface area contributed by atoms with Crippen LogP contribution < -0.4 is 15.8 Å². The van der Waals surface area contributed by atoms with E-state index in [4.69, 9.17) is 10.5 Å². The van der Waals surface area contributed by atoms with Crippen LogP contribution in [0.15, 0.2) is 54.6 Å². The zero-order chi connectivity index (χ0) is 14.2. The molecule has 3 heteroatoms. The minimum Gasteiger partial charge on any atom is -0.489 e. The number of benzene rings is 2. The van der Waals surface area contributed by atoms with E-state index in [-0.39, 0.29) is 0 Å². The summed E-state index contributed by atoms with van der Waals surface area (Å²) < 4.78 is 5.75. The van der Waals surface area contributed by atoms with Crippen molar-refractivity contribution in [2.45, 2.75) is 26.1 Å². The molecular weight excluding hydrogens is 248 g/mol. The van der Waals surface area contributed by atoms with Crippen molar-refractivity contribution >= 4 is 0 Å². The van der Waals surface area contributed by atoms with Crippen molar-refractivity contribution in [1.82, 2.24) is 5.32 Å². The molecule has 0 aromatic heterocycles. The first-order chi connectivity index (χ1) is 9.78. The monoisotopic (exact) mass is 270 g/mol. The summed E-state index contributed by atoms with van der Waals surface area (Å²) in [6.07, 6.45) is 0. The molecule has 1 atom stereocenters. The molecule has 3 nitrogen and oxygen atoms in total. The van der Waals surface area contributed by atoms with E-state index in [2.05, 4.69) is 36.5 Å². The minimum absolute atomic E-state index is 0.337. The van der Waals surface area contributed by atoms with Gasteiger partial charge in [0.25, 0.3) is 0 Å². The van der Waals surface area contributed by atoms with Gasteiger partial charge in [0.1, 0.15) is 12.4 Å². The Balaban J connectivity index is 1.82. The predicted octanol–water partition coefficient (Wildman–Crippen LogP) is 2.70. The molecule has 0 saturated carbocycles. The molecule has 20 heavy (non-hydrogen) atoms. The lowest BCUT2D eigenvalue weighted by molar-refractivity contribution is 0.306. The molecule has 0 aliphatic heterocycles. The van der Waals surface area contributed by atoms with Crippen LogP contribution in [0.25, 0.3) is 0 Å². The molecule has 0 heterocycles. The number of ether oxygens (including phenoxy) is 1. The van der Waals surface area contributed by atoms with Gasteiger partial charge in [0.15, 0.2) is 0 Å². The van der Waals surface area contributed by atoms with Crippen molar-refractivity contribution < 1.29 is 4.74 Å². The van der Waals surface area contributed by atoms with E-state index in [1.807, 2.05) is 30.3 Å². The van der Waals surface area contributed by atoms with Gasteiger partial charge in [0.05, 0.1) is 0 Å². The molecule has 2 aromatic rings. The topological polar surface area (TPSA) is 47.3 Å². The molecule has 0 unspecified atom stereocenters. The fraction of sp³-hybridized carbons (Fsp3) is 0.294.